The van der Waals surface area contributed by atoms with Gasteiger partial charge in [0.1, 0.15) is 0 Å². The maximum atomic E-state index is 9.75. The second-order valence-electron chi connectivity index (χ2n) is 2.66. The summed E-state index contributed by atoms with van der Waals surface area (Å²) < 4.78 is 0. The SMILES string of the molecule is C=C(CCl)C(=O)O.C=Cc1ccccc1. The quantitative estimate of drug-likeness (QED) is 0.633. The van der Waals surface area contributed by atoms with Gasteiger partial charge in [0.25, 0.3) is 0 Å². The van der Waals surface area contributed by atoms with Crippen LogP contribution in [0.1, 0.15) is 5.56 Å². The molecule has 0 saturated heterocycles. The minimum atomic E-state index is -1.03. The largest absolute Gasteiger partial charge is 0.478 e. The molecule has 1 N–H and O–H groups in total. The van der Waals surface area contributed by atoms with Crippen LogP contribution < -0.4 is 0 Å². The molecule has 3 heteroatoms. The van der Waals surface area contributed by atoms with E-state index in [1.807, 2.05) is 36.4 Å². The van der Waals surface area contributed by atoms with E-state index in [9.17, 15) is 4.79 Å². The second-order valence-corrected chi connectivity index (χ2v) is 2.92. The Labute approximate surface area is 94.5 Å². The normalized spacial score (nSPS) is 8.33. The van der Waals surface area contributed by atoms with Crippen LogP contribution >= 0.6 is 11.6 Å². The summed E-state index contributed by atoms with van der Waals surface area (Å²) in [4.78, 5) is 9.75. The molecule has 0 aromatic heterocycles. The maximum Gasteiger partial charge on any atom is 0.332 e. The van der Waals surface area contributed by atoms with Gasteiger partial charge in [-0.1, -0.05) is 49.6 Å². The lowest BCUT2D eigenvalue weighted by Gasteiger charge is -1.86. The Hall–Kier alpha value is -1.54. The number of hydrogen-bond acceptors (Lipinski definition) is 1. The van der Waals surface area contributed by atoms with Crippen LogP contribution in [-0.4, -0.2) is 17.0 Å². The molecule has 1 aromatic carbocycles. The first-order valence-corrected chi connectivity index (χ1v) is 4.79. The Morgan fingerprint density at radius 3 is 2.13 bits per heavy atom. The van der Waals surface area contributed by atoms with Crippen molar-refractivity contribution in [1.82, 2.24) is 0 Å². The Kier molecular flexibility index (Phi) is 7.02. The highest BCUT2D eigenvalue weighted by Crippen LogP contribution is 1.97. The molecule has 1 aromatic rings. The smallest absolute Gasteiger partial charge is 0.332 e. The van der Waals surface area contributed by atoms with Crippen LogP contribution in [-0.2, 0) is 4.79 Å². The third kappa shape index (κ3) is 6.52. The molecule has 0 atom stereocenters. The van der Waals surface area contributed by atoms with E-state index in [2.05, 4.69) is 13.2 Å². The number of hydrogen-bond donors (Lipinski definition) is 1. The lowest BCUT2D eigenvalue weighted by Crippen LogP contribution is -1.98. The highest BCUT2D eigenvalue weighted by molar-refractivity contribution is 6.22. The summed E-state index contributed by atoms with van der Waals surface area (Å²) in [7, 11) is 0. The predicted molar refractivity (Wildman–Crippen MR) is 64.0 cm³/mol. The van der Waals surface area contributed by atoms with Crippen LogP contribution in [0.4, 0.5) is 0 Å². The Morgan fingerprint density at radius 1 is 1.40 bits per heavy atom. The van der Waals surface area contributed by atoms with E-state index in [1.54, 1.807) is 0 Å². The van der Waals surface area contributed by atoms with Crippen molar-refractivity contribution < 1.29 is 9.90 Å². The molecule has 80 valence electrons. The van der Waals surface area contributed by atoms with Crippen molar-refractivity contribution in [2.45, 2.75) is 0 Å². The molecule has 0 radical (unpaired) electrons. The molecule has 2 nitrogen and oxygen atoms in total. The summed E-state index contributed by atoms with van der Waals surface area (Å²) in [6.07, 6.45) is 1.83. The summed E-state index contributed by atoms with van der Waals surface area (Å²) in [5, 5.41) is 8.00. The molecule has 0 aliphatic rings. The van der Waals surface area contributed by atoms with Crippen molar-refractivity contribution in [2.24, 2.45) is 0 Å². The summed E-state index contributed by atoms with van der Waals surface area (Å²) in [6, 6.07) is 10.0. The van der Waals surface area contributed by atoms with Crippen LogP contribution in [0, 0.1) is 0 Å². The van der Waals surface area contributed by atoms with Crippen LogP contribution in [0.25, 0.3) is 6.08 Å². The first kappa shape index (κ1) is 13.5. The fraction of sp³-hybridized carbons (Fsp3) is 0.0833. The van der Waals surface area contributed by atoms with Crippen molar-refractivity contribution in [2.75, 3.05) is 5.88 Å². The van der Waals surface area contributed by atoms with E-state index in [0.29, 0.717) is 0 Å². The van der Waals surface area contributed by atoms with Gasteiger partial charge in [-0.3, -0.25) is 0 Å². The molecule has 0 saturated carbocycles. The number of carbonyl (C=O) groups is 1. The van der Waals surface area contributed by atoms with Crippen LogP contribution in [0.5, 0.6) is 0 Å². The molecule has 0 unspecified atom stereocenters. The molecule has 0 aliphatic carbocycles. The van der Waals surface area contributed by atoms with E-state index in [-0.39, 0.29) is 11.5 Å². The molecule has 0 heterocycles. The van der Waals surface area contributed by atoms with Crippen molar-refractivity contribution in [1.29, 1.82) is 0 Å². The van der Waals surface area contributed by atoms with Gasteiger partial charge in [0.15, 0.2) is 0 Å². The zero-order chi connectivity index (χ0) is 11.7. The van der Waals surface area contributed by atoms with Gasteiger partial charge in [-0.25, -0.2) is 4.79 Å². The third-order valence-corrected chi connectivity index (χ3v) is 1.82. The first-order chi connectivity index (χ1) is 7.11. The summed E-state index contributed by atoms with van der Waals surface area (Å²) in [6.45, 7) is 6.77. The minimum absolute atomic E-state index is 0.00463. The number of aliphatic carboxylic acids is 1. The Morgan fingerprint density at radius 2 is 1.93 bits per heavy atom. The molecular weight excluding hydrogens is 212 g/mol. The van der Waals surface area contributed by atoms with Crippen LogP contribution in [0.15, 0.2) is 49.1 Å². The van der Waals surface area contributed by atoms with Gasteiger partial charge in [0, 0.05) is 5.57 Å². The molecule has 0 amide bonds. The molecule has 1 rings (SSSR count). The van der Waals surface area contributed by atoms with E-state index in [1.165, 1.54) is 5.56 Å². The predicted octanol–water partition coefficient (Wildman–Crippen LogP) is 3.20. The minimum Gasteiger partial charge on any atom is -0.478 e. The summed E-state index contributed by atoms with van der Waals surface area (Å²) >= 11 is 5.07. The number of benzene rings is 1. The number of carboxylic acid groups (broad SMARTS) is 1. The number of rotatable bonds is 3. The first-order valence-electron chi connectivity index (χ1n) is 4.26. The molecule has 0 spiro atoms. The molecule has 0 bridgehead atoms. The van der Waals surface area contributed by atoms with E-state index >= 15 is 0 Å². The molecular formula is C12H13ClO2. The van der Waals surface area contributed by atoms with Crippen molar-refractivity contribution >= 4 is 23.6 Å². The fourth-order valence-corrected chi connectivity index (χ4v) is 0.761. The molecule has 0 aliphatic heterocycles. The molecule has 15 heavy (non-hydrogen) atoms. The number of halogens is 1. The highest BCUT2D eigenvalue weighted by Gasteiger charge is 1.98. The van der Waals surface area contributed by atoms with Crippen molar-refractivity contribution in [3.8, 4) is 0 Å². The van der Waals surface area contributed by atoms with Gasteiger partial charge >= 0.3 is 5.97 Å². The standard InChI is InChI=1S/C8H8.C4H5ClO2/c1-2-8-6-4-3-5-7-8;1-3(2-5)4(6)7/h2-7H,1H2;1-2H2,(H,6,7). The van der Waals surface area contributed by atoms with Gasteiger partial charge in [0.05, 0.1) is 5.88 Å². The lowest BCUT2D eigenvalue weighted by atomic mass is 10.2. The number of carboxylic acids is 1. The molecule has 0 fully saturated rings. The fourth-order valence-electron chi connectivity index (χ4n) is 0.646. The summed E-state index contributed by atoms with van der Waals surface area (Å²) in [5.41, 5.74) is 1.20. The van der Waals surface area contributed by atoms with E-state index < -0.39 is 5.97 Å². The van der Waals surface area contributed by atoms with Gasteiger partial charge in [0.2, 0.25) is 0 Å². The van der Waals surface area contributed by atoms with E-state index in [4.69, 9.17) is 16.7 Å². The lowest BCUT2D eigenvalue weighted by molar-refractivity contribution is -0.132. The van der Waals surface area contributed by atoms with Gasteiger partial charge in [-0.2, -0.15) is 0 Å². The zero-order valence-corrected chi connectivity index (χ0v) is 9.07. The van der Waals surface area contributed by atoms with Crippen LogP contribution in [0.2, 0.25) is 0 Å². The number of alkyl halides is 1. The van der Waals surface area contributed by atoms with Gasteiger partial charge in [-0.15, -0.1) is 11.6 Å². The average molecular weight is 225 g/mol. The third-order valence-electron chi connectivity index (χ3n) is 1.50. The van der Waals surface area contributed by atoms with Crippen LogP contribution in [0.3, 0.4) is 0 Å². The Balaban J connectivity index is 0.000000265. The highest BCUT2D eigenvalue weighted by atomic mass is 35.5. The van der Waals surface area contributed by atoms with Crippen molar-refractivity contribution in [3.63, 3.8) is 0 Å². The average Bonchev–Trinajstić information content (AvgIpc) is 2.29. The maximum absolute atomic E-state index is 9.75. The van der Waals surface area contributed by atoms with Gasteiger partial charge in [-0.05, 0) is 5.56 Å². The van der Waals surface area contributed by atoms with E-state index in [0.717, 1.165) is 0 Å². The summed E-state index contributed by atoms with van der Waals surface area (Å²) in [5.74, 6) is -1.04. The zero-order valence-electron chi connectivity index (χ0n) is 8.32. The van der Waals surface area contributed by atoms with Crippen molar-refractivity contribution in [3.05, 3.63) is 54.6 Å². The Bertz CT molecular complexity index is 331. The van der Waals surface area contributed by atoms with Gasteiger partial charge < -0.3 is 5.11 Å². The monoisotopic (exact) mass is 224 g/mol. The second kappa shape index (κ2) is 7.83. The topological polar surface area (TPSA) is 37.3 Å².